The first-order valence-corrected chi connectivity index (χ1v) is 8.58. The lowest BCUT2D eigenvalue weighted by molar-refractivity contribution is 0.0945. The van der Waals surface area contributed by atoms with Crippen molar-refractivity contribution in [3.63, 3.8) is 0 Å². The van der Waals surface area contributed by atoms with Gasteiger partial charge in [-0.1, -0.05) is 30.3 Å². The molecule has 27 heavy (non-hydrogen) atoms. The number of aromatic nitrogens is 2. The van der Waals surface area contributed by atoms with Gasteiger partial charge in [0.05, 0.1) is 19.6 Å². The number of nitrogens with one attached hydrogen (secondary N) is 1. The SMILES string of the molecule is CCn1nc(C(=O)NCc2cccc(OC)c2OC)c2ccccc2c1=O. The number of aryl methyl sites for hydroxylation is 1. The minimum Gasteiger partial charge on any atom is -0.493 e. The molecule has 2 aromatic carbocycles. The third-order valence-corrected chi connectivity index (χ3v) is 4.31. The van der Waals surface area contributed by atoms with Gasteiger partial charge in [0.2, 0.25) is 0 Å². The van der Waals surface area contributed by atoms with E-state index in [9.17, 15) is 9.59 Å². The summed E-state index contributed by atoms with van der Waals surface area (Å²) in [5, 5.41) is 8.10. The van der Waals surface area contributed by atoms with E-state index in [1.165, 1.54) is 4.68 Å². The molecule has 1 aromatic heterocycles. The molecule has 0 saturated heterocycles. The summed E-state index contributed by atoms with van der Waals surface area (Å²) < 4.78 is 12.0. The maximum atomic E-state index is 12.8. The van der Waals surface area contributed by atoms with Crippen LogP contribution in [0.5, 0.6) is 11.5 Å². The Morgan fingerprint density at radius 2 is 1.81 bits per heavy atom. The maximum Gasteiger partial charge on any atom is 0.274 e. The molecule has 3 rings (SSSR count). The largest absolute Gasteiger partial charge is 0.493 e. The number of methoxy groups -OCH3 is 2. The van der Waals surface area contributed by atoms with E-state index in [4.69, 9.17) is 9.47 Å². The first kappa shape index (κ1) is 18.4. The molecule has 0 atom stereocenters. The Labute approximate surface area is 156 Å². The number of para-hydroxylation sites is 1. The summed E-state index contributed by atoms with van der Waals surface area (Å²) in [5.74, 6) is 0.794. The van der Waals surface area contributed by atoms with Crippen LogP contribution in [0.3, 0.4) is 0 Å². The van der Waals surface area contributed by atoms with Crippen molar-refractivity contribution < 1.29 is 14.3 Å². The Morgan fingerprint density at radius 1 is 1.07 bits per heavy atom. The summed E-state index contributed by atoms with van der Waals surface area (Å²) in [4.78, 5) is 25.2. The molecule has 0 bridgehead atoms. The van der Waals surface area contributed by atoms with E-state index in [1.807, 2.05) is 19.1 Å². The molecule has 0 radical (unpaired) electrons. The topological polar surface area (TPSA) is 82.5 Å². The van der Waals surface area contributed by atoms with Crippen LogP contribution in [-0.4, -0.2) is 29.9 Å². The van der Waals surface area contributed by atoms with Gasteiger partial charge < -0.3 is 14.8 Å². The van der Waals surface area contributed by atoms with E-state index in [1.54, 1.807) is 44.6 Å². The number of nitrogens with zero attached hydrogens (tertiary/aromatic N) is 2. The number of carbonyl (C=O) groups excluding carboxylic acids is 1. The molecular weight excluding hydrogens is 346 g/mol. The van der Waals surface area contributed by atoms with Gasteiger partial charge in [-0.2, -0.15) is 5.10 Å². The highest BCUT2D eigenvalue weighted by atomic mass is 16.5. The Hall–Kier alpha value is -3.35. The molecule has 1 amide bonds. The zero-order valence-electron chi connectivity index (χ0n) is 15.5. The second-order valence-corrected chi connectivity index (χ2v) is 5.85. The Bertz CT molecular complexity index is 1040. The number of hydrogen-bond donors (Lipinski definition) is 1. The van der Waals surface area contributed by atoms with Crippen molar-refractivity contribution in [3.05, 3.63) is 64.1 Å². The van der Waals surface area contributed by atoms with Crippen LogP contribution in [0.4, 0.5) is 0 Å². The molecule has 7 heteroatoms. The lowest BCUT2D eigenvalue weighted by Crippen LogP contribution is -2.30. The van der Waals surface area contributed by atoms with E-state index in [-0.39, 0.29) is 23.7 Å². The lowest BCUT2D eigenvalue weighted by atomic mass is 10.1. The number of rotatable bonds is 6. The van der Waals surface area contributed by atoms with Crippen LogP contribution in [0.2, 0.25) is 0 Å². The second-order valence-electron chi connectivity index (χ2n) is 5.85. The van der Waals surface area contributed by atoms with Gasteiger partial charge in [-0.05, 0) is 19.1 Å². The maximum absolute atomic E-state index is 12.8. The van der Waals surface area contributed by atoms with Crippen molar-refractivity contribution in [3.8, 4) is 11.5 Å². The van der Waals surface area contributed by atoms with Crippen LogP contribution in [0.25, 0.3) is 10.8 Å². The van der Waals surface area contributed by atoms with Crippen molar-refractivity contribution >= 4 is 16.7 Å². The van der Waals surface area contributed by atoms with Crippen LogP contribution in [0.15, 0.2) is 47.3 Å². The minimum atomic E-state index is -0.363. The van der Waals surface area contributed by atoms with Crippen LogP contribution in [0, 0.1) is 0 Å². The fraction of sp³-hybridized carbons (Fsp3) is 0.250. The highest BCUT2D eigenvalue weighted by Gasteiger charge is 2.17. The van der Waals surface area contributed by atoms with Gasteiger partial charge in [0.25, 0.3) is 11.5 Å². The molecule has 0 aliphatic heterocycles. The standard InChI is InChI=1S/C20H21N3O4/c1-4-23-20(25)15-10-6-5-9-14(15)17(22-23)19(24)21-12-13-8-7-11-16(26-2)18(13)27-3/h5-11H,4,12H2,1-3H3,(H,21,24). The normalized spacial score (nSPS) is 10.6. The lowest BCUT2D eigenvalue weighted by Gasteiger charge is -2.14. The van der Waals surface area contributed by atoms with Crippen molar-refractivity contribution in [2.45, 2.75) is 20.0 Å². The zero-order valence-corrected chi connectivity index (χ0v) is 15.5. The van der Waals surface area contributed by atoms with Crippen LogP contribution < -0.4 is 20.3 Å². The highest BCUT2D eigenvalue weighted by Crippen LogP contribution is 2.30. The predicted molar refractivity (Wildman–Crippen MR) is 102 cm³/mol. The zero-order chi connectivity index (χ0) is 19.4. The Morgan fingerprint density at radius 3 is 2.48 bits per heavy atom. The van der Waals surface area contributed by atoms with Gasteiger partial charge in [0.15, 0.2) is 17.2 Å². The van der Waals surface area contributed by atoms with E-state index in [0.717, 1.165) is 5.56 Å². The molecule has 0 saturated carbocycles. The molecule has 140 valence electrons. The summed E-state index contributed by atoms with van der Waals surface area (Å²) in [6.45, 7) is 2.43. The average molecular weight is 367 g/mol. The molecule has 0 fully saturated rings. The monoisotopic (exact) mass is 367 g/mol. The number of benzene rings is 2. The Balaban J connectivity index is 1.94. The molecule has 0 spiro atoms. The molecule has 3 aromatic rings. The van der Waals surface area contributed by atoms with Crippen molar-refractivity contribution in [1.29, 1.82) is 0 Å². The molecule has 0 aliphatic rings. The number of ether oxygens (including phenoxy) is 2. The summed E-state index contributed by atoms with van der Waals surface area (Å²) >= 11 is 0. The van der Waals surface area contributed by atoms with Gasteiger partial charge >= 0.3 is 0 Å². The van der Waals surface area contributed by atoms with E-state index in [0.29, 0.717) is 28.8 Å². The summed E-state index contributed by atoms with van der Waals surface area (Å²) in [6.07, 6.45) is 0. The second kappa shape index (κ2) is 7.90. The van der Waals surface area contributed by atoms with E-state index >= 15 is 0 Å². The third-order valence-electron chi connectivity index (χ3n) is 4.31. The van der Waals surface area contributed by atoms with Gasteiger partial charge in [-0.25, -0.2) is 4.68 Å². The number of hydrogen-bond acceptors (Lipinski definition) is 5. The summed E-state index contributed by atoms with van der Waals surface area (Å²) in [5.41, 5.74) is 0.784. The van der Waals surface area contributed by atoms with Gasteiger partial charge in [-0.15, -0.1) is 0 Å². The number of amides is 1. The molecule has 1 heterocycles. The van der Waals surface area contributed by atoms with Crippen molar-refractivity contribution in [2.24, 2.45) is 0 Å². The number of carbonyl (C=O) groups is 1. The van der Waals surface area contributed by atoms with Gasteiger partial charge in [0, 0.05) is 24.0 Å². The average Bonchev–Trinajstić information content (AvgIpc) is 2.72. The molecular formula is C20H21N3O4. The fourth-order valence-electron chi connectivity index (χ4n) is 2.97. The van der Waals surface area contributed by atoms with Gasteiger partial charge in [0.1, 0.15) is 0 Å². The third kappa shape index (κ3) is 3.48. The first-order valence-electron chi connectivity index (χ1n) is 8.58. The predicted octanol–water partition coefficient (Wildman–Crippen LogP) is 2.36. The fourth-order valence-corrected chi connectivity index (χ4v) is 2.97. The van der Waals surface area contributed by atoms with Crippen LogP contribution >= 0.6 is 0 Å². The smallest absolute Gasteiger partial charge is 0.274 e. The van der Waals surface area contributed by atoms with Gasteiger partial charge in [-0.3, -0.25) is 9.59 Å². The van der Waals surface area contributed by atoms with Crippen LogP contribution in [-0.2, 0) is 13.1 Å². The highest BCUT2D eigenvalue weighted by molar-refractivity contribution is 6.04. The minimum absolute atomic E-state index is 0.209. The summed E-state index contributed by atoms with van der Waals surface area (Å²) in [7, 11) is 3.11. The Kier molecular flexibility index (Phi) is 5.40. The summed E-state index contributed by atoms with van der Waals surface area (Å²) in [6, 6.07) is 12.4. The molecule has 0 aliphatic carbocycles. The quantitative estimate of drug-likeness (QED) is 0.723. The molecule has 1 N–H and O–H groups in total. The van der Waals surface area contributed by atoms with E-state index in [2.05, 4.69) is 10.4 Å². The molecule has 0 unspecified atom stereocenters. The van der Waals surface area contributed by atoms with Crippen molar-refractivity contribution in [1.82, 2.24) is 15.1 Å². The molecule has 7 nitrogen and oxygen atoms in total. The number of fused-ring (bicyclic) bond motifs is 1. The van der Waals surface area contributed by atoms with Crippen molar-refractivity contribution in [2.75, 3.05) is 14.2 Å². The van der Waals surface area contributed by atoms with Crippen LogP contribution in [0.1, 0.15) is 23.0 Å². The first-order chi connectivity index (χ1) is 13.1. The van der Waals surface area contributed by atoms with E-state index < -0.39 is 0 Å².